The van der Waals surface area contributed by atoms with Crippen molar-refractivity contribution < 1.29 is 19.4 Å². The Morgan fingerprint density at radius 1 is 1.37 bits per heavy atom. The Morgan fingerprint density at radius 3 is 2.91 bits per heavy atom. The topological polar surface area (TPSA) is 150 Å². The van der Waals surface area contributed by atoms with E-state index in [1.54, 1.807) is 28.7 Å². The molecule has 0 unspecified atom stereocenters. The van der Waals surface area contributed by atoms with Gasteiger partial charge in [-0.2, -0.15) is 10.1 Å². The van der Waals surface area contributed by atoms with Gasteiger partial charge in [-0.3, -0.25) is 15.0 Å². The Balaban J connectivity index is 0.000000917. The van der Waals surface area contributed by atoms with E-state index in [0.29, 0.717) is 48.2 Å². The maximum Gasteiger partial charge on any atom is 0.328 e. The zero-order valence-electron chi connectivity index (χ0n) is 19.9. The Labute approximate surface area is 202 Å². The lowest BCUT2D eigenvalue weighted by atomic mass is 10.1. The highest BCUT2D eigenvalue weighted by Crippen LogP contribution is 2.34. The molecule has 2 aliphatic rings. The molecule has 13 nitrogen and oxygen atoms in total. The lowest BCUT2D eigenvalue weighted by molar-refractivity contribution is -0.122. The maximum absolute atomic E-state index is 13.2. The fourth-order valence-electron chi connectivity index (χ4n) is 4.36. The fraction of sp³-hybridized carbons (Fsp3) is 0.455. The van der Waals surface area contributed by atoms with E-state index in [4.69, 9.17) is 14.6 Å². The molecule has 0 aliphatic carbocycles. The molecule has 2 amide bonds. The Kier molecular flexibility index (Phi) is 7.25. The summed E-state index contributed by atoms with van der Waals surface area (Å²) in [5.41, 5.74) is 2.79. The molecule has 3 N–H and O–H groups in total. The second-order valence-electron chi connectivity index (χ2n) is 8.16. The third kappa shape index (κ3) is 5.09. The first-order valence-corrected chi connectivity index (χ1v) is 11.4. The summed E-state index contributed by atoms with van der Waals surface area (Å²) in [5.74, 6) is 1.98. The van der Waals surface area contributed by atoms with Crippen molar-refractivity contribution >= 4 is 35.5 Å². The minimum Gasteiger partial charge on any atom is -0.483 e. The smallest absolute Gasteiger partial charge is 0.328 e. The van der Waals surface area contributed by atoms with Crippen molar-refractivity contribution in [1.29, 1.82) is 0 Å². The predicted octanol–water partition coefficient (Wildman–Crippen LogP) is 1.32. The van der Waals surface area contributed by atoms with Gasteiger partial charge in [-0.1, -0.05) is 0 Å². The van der Waals surface area contributed by atoms with Crippen LogP contribution in [0.1, 0.15) is 25.2 Å². The molecule has 3 aromatic rings. The highest BCUT2D eigenvalue weighted by Gasteiger charge is 2.31. The van der Waals surface area contributed by atoms with Crippen LogP contribution in [0.25, 0.3) is 5.65 Å². The number of hydrogen-bond acceptors (Lipinski definition) is 9. The first-order valence-electron chi connectivity index (χ1n) is 11.4. The van der Waals surface area contributed by atoms with E-state index in [1.165, 1.54) is 0 Å². The lowest BCUT2D eigenvalue weighted by Crippen LogP contribution is -2.49. The van der Waals surface area contributed by atoms with E-state index in [9.17, 15) is 4.79 Å². The number of piperazine rings is 1. The van der Waals surface area contributed by atoms with Gasteiger partial charge in [0, 0.05) is 49.7 Å². The van der Waals surface area contributed by atoms with Gasteiger partial charge in [-0.25, -0.2) is 19.3 Å². The number of urea groups is 1. The molecule has 1 fully saturated rings. The Hall–Kier alpha value is -4.00. The summed E-state index contributed by atoms with van der Waals surface area (Å²) in [7, 11) is 0. The minimum absolute atomic E-state index is 0.250. The van der Waals surface area contributed by atoms with Crippen LogP contribution < -0.4 is 25.2 Å². The van der Waals surface area contributed by atoms with Gasteiger partial charge in [0.2, 0.25) is 5.65 Å². The van der Waals surface area contributed by atoms with Crippen molar-refractivity contribution in [3.63, 3.8) is 0 Å². The molecule has 186 valence electrons. The first-order chi connectivity index (χ1) is 16.9. The van der Waals surface area contributed by atoms with E-state index >= 15 is 0 Å². The standard InChI is InChI=1S/C21H27N9O2.CH2O2/c1-4-32-20-19-24-14(3)27-30(19)12-17(25-20)26-21(31)29-9-6-15-16(5-7-23-18(15)29)28-10-8-22-13(2)11-28;2-1-3/h5,7,12-13,22H,4,6,8-11H2,1-3H3,(H,26,31);1H,(H,2,3)/t13-;/m1./s1. The molecule has 3 aromatic heterocycles. The summed E-state index contributed by atoms with van der Waals surface area (Å²) in [6.45, 7) is 9.42. The number of carbonyl (C=O) groups is 2. The summed E-state index contributed by atoms with van der Waals surface area (Å²) in [5, 5.41) is 17.6. The van der Waals surface area contributed by atoms with Gasteiger partial charge >= 0.3 is 6.03 Å². The SMILES string of the molecule is CCOc1nc(NC(=O)N2CCc3c(N4CCN[C@H](C)C4)ccnc32)cn2nc(C)nc12.O=CO. The van der Waals surface area contributed by atoms with Crippen molar-refractivity contribution in [2.45, 2.75) is 33.2 Å². The number of amides is 2. The number of pyridine rings is 1. The number of carboxylic acid groups (broad SMARTS) is 1. The number of hydrogen-bond donors (Lipinski definition) is 3. The molecule has 0 spiro atoms. The van der Waals surface area contributed by atoms with Gasteiger partial charge in [0.1, 0.15) is 11.6 Å². The van der Waals surface area contributed by atoms with E-state index in [-0.39, 0.29) is 12.5 Å². The second kappa shape index (κ2) is 10.5. The fourth-order valence-corrected chi connectivity index (χ4v) is 4.36. The van der Waals surface area contributed by atoms with Gasteiger partial charge < -0.3 is 20.1 Å². The molecule has 13 heteroatoms. The molecule has 0 aromatic carbocycles. The molecule has 2 aliphatic heterocycles. The monoisotopic (exact) mass is 483 g/mol. The van der Waals surface area contributed by atoms with Crippen LogP contribution in [0.4, 0.5) is 22.1 Å². The summed E-state index contributed by atoms with van der Waals surface area (Å²) < 4.78 is 7.18. The van der Waals surface area contributed by atoms with Crippen LogP contribution in [0.5, 0.6) is 5.88 Å². The van der Waals surface area contributed by atoms with E-state index in [0.717, 1.165) is 37.3 Å². The molecular formula is C22H29N9O4. The van der Waals surface area contributed by atoms with Gasteiger partial charge in [-0.05, 0) is 33.3 Å². The molecule has 0 radical (unpaired) electrons. The first kappa shape index (κ1) is 24.1. The van der Waals surface area contributed by atoms with Crippen molar-refractivity contribution in [2.24, 2.45) is 0 Å². The zero-order chi connectivity index (χ0) is 24.9. The van der Waals surface area contributed by atoms with Crippen LogP contribution in [-0.4, -0.2) is 81.0 Å². The predicted molar refractivity (Wildman–Crippen MR) is 129 cm³/mol. The zero-order valence-corrected chi connectivity index (χ0v) is 19.9. The Bertz CT molecular complexity index is 1220. The molecule has 1 saturated heterocycles. The maximum atomic E-state index is 13.2. The van der Waals surface area contributed by atoms with E-state index in [1.807, 2.05) is 6.92 Å². The third-order valence-electron chi connectivity index (χ3n) is 5.72. The third-order valence-corrected chi connectivity index (χ3v) is 5.72. The summed E-state index contributed by atoms with van der Waals surface area (Å²) >= 11 is 0. The number of anilines is 3. The largest absolute Gasteiger partial charge is 0.483 e. The van der Waals surface area contributed by atoms with Crippen LogP contribution in [0.15, 0.2) is 18.5 Å². The highest BCUT2D eigenvalue weighted by molar-refractivity contribution is 6.02. The van der Waals surface area contributed by atoms with Crippen LogP contribution in [0, 0.1) is 6.92 Å². The van der Waals surface area contributed by atoms with Crippen LogP contribution >= 0.6 is 0 Å². The van der Waals surface area contributed by atoms with E-state index in [2.05, 4.69) is 48.6 Å². The number of rotatable bonds is 4. The Morgan fingerprint density at radius 2 is 2.17 bits per heavy atom. The van der Waals surface area contributed by atoms with Crippen molar-refractivity contribution in [3.05, 3.63) is 29.8 Å². The molecule has 5 rings (SSSR count). The molecular weight excluding hydrogens is 454 g/mol. The number of nitrogens with zero attached hydrogens (tertiary/aromatic N) is 7. The van der Waals surface area contributed by atoms with Crippen LogP contribution in [0.3, 0.4) is 0 Å². The average Bonchev–Trinajstić information content (AvgIpc) is 3.43. The number of aromatic nitrogens is 5. The number of carbonyl (C=O) groups excluding carboxylic acids is 1. The highest BCUT2D eigenvalue weighted by atomic mass is 16.5. The average molecular weight is 484 g/mol. The van der Waals surface area contributed by atoms with E-state index < -0.39 is 0 Å². The molecule has 1 atom stereocenters. The van der Waals surface area contributed by atoms with Gasteiger partial charge in [0.15, 0.2) is 5.82 Å². The lowest BCUT2D eigenvalue weighted by Gasteiger charge is -2.34. The summed E-state index contributed by atoms with van der Waals surface area (Å²) in [6.07, 6.45) is 4.18. The summed E-state index contributed by atoms with van der Waals surface area (Å²) in [4.78, 5) is 38.9. The molecule has 0 bridgehead atoms. The molecule has 35 heavy (non-hydrogen) atoms. The van der Waals surface area contributed by atoms with Crippen LogP contribution in [-0.2, 0) is 11.2 Å². The number of aryl methyl sites for hydroxylation is 1. The van der Waals surface area contributed by atoms with Crippen molar-refractivity contribution in [3.8, 4) is 5.88 Å². The van der Waals surface area contributed by atoms with Crippen molar-refractivity contribution in [1.82, 2.24) is 29.9 Å². The van der Waals surface area contributed by atoms with Gasteiger partial charge in [0.05, 0.1) is 12.8 Å². The van der Waals surface area contributed by atoms with Gasteiger partial charge in [0.25, 0.3) is 12.4 Å². The molecule has 5 heterocycles. The normalized spacial score (nSPS) is 16.9. The van der Waals surface area contributed by atoms with Crippen LogP contribution in [0.2, 0.25) is 0 Å². The second-order valence-corrected chi connectivity index (χ2v) is 8.16. The number of nitrogens with one attached hydrogen (secondary N) is 2. The van der Waals surface area contributed by atoms with Crippen molar-refractivity contribution in [2.75, 3.05) is 47.9 Å². The summed E-state index contributed by atoms with van der Waals surface area (Å²) in [6, 6.07) is 2.19. The number of fused-ring (bicyclic) bond motifs is 2. The minimum atomic E-state index is -0.284. The number of ether oxygens (including phenoxy) is 1. The molecule has 0 saturated carbocycles. The quantitative estimate of drug-likeness (QED) is 0.464. The van der Waals surface area contributed by atoms with Gasteiger partial charge in [-0.15, -0.1) is 0 Å².